The summed E-state index contributed by atoms with van der Waals surface area (Å²) < 4.78 is 11.0. The van der Waals surface area contributed by atoms with Gasteiger partial charge in [0, 0.05) is 12.1 Å². The predicted molar refractivity (Wildman–Crippen MR) is 59.4 cm³/mol. The molecule has 3 nitrogen and oxygen atoms in total. The molecule has 1 fully saturated rings. The summed E-state index contributed by atoms with van der Waals surface area (Å²) in [4.78, 5) is 0. The Morgan fingerprint density at radius 3 is 2.67 bits per heavy atom. The molecule has 1 aromatic carbocycles. The maximum absolute atomic E-state index is 5.76. The van der Waals surface area contributed by atoms with Crippen LogP contribution in [0.3, 0.4) is 0 Å². The van der Waals surface area contributed by atoms with Crippen molar-refractivity contribution in [3.05, 3.63) is 23.8 Å². The maximum Gasteiger partial charge on any atom is 0.125 e. The van der Waals surface area contributed by atoms with E-state index in [9.17, 15) is 0 Å². The number of nitrogens with two attached hydrogens (primary N) is 1. The molecule has 0 saturated heterocycles. The van der Waals surface area contributed by atoms with Crippen molar-refractivity contribution < 1.29 is 9.47 Å². The Bertz CT molecular complexity index is 345. The number of methoxy groups -OCH3 is 1. The first-order valence-electron chi connectivity index (χ1n) is 5.26. The molecular weight excluding hydrogens is 190 g/mol. The summed E-state index contributed by atoms with van der Waals surface area (Å²) in [6.45, 7) is 2.02. The Kier molecular flexibility index (Phi) is 2.82. The summed E-state index contributed by atoms with van der Waals surface area (Å²) in [7, 11) is 1.67. The zero-order chi connectivity index (χ0) is 10.8. The minimum atomic E-state index is 0.285. The molecule has 0 bridgehead atoms. The summed E-state index contributed by atoms with van der Waals surface area (Å²) in [5, 5.41) is 0. The van der Waals surface area contributed by atoms with Crippen LogP contribution >= 0.6 is 0 Å². The highest BCUT2D eigenvalue weighted by molar-refractivity contribution is 5.39. The number of rotatable bonds is 3. The lowest BCUT2D eigenvalue weighted by Gasteiger charge is -2.32. The van der Waals surface area contributed by atoms with Crippen molar-refractivity contribution in [1.82, 2.24) is 0 Å². The van der Waals surface area contributed by atoms with Gasteiger partial charge in [-0.15, -0.1) is 0 Å². The van der Waals surface area contributed by atoms with Crippen molar-refractivity contribution >= 4 is 0 Å². The van der Waals surface area contributed by atoms with E-state index >= 15 is 0 Å². The Hall–Kier alpha value is -1.22. The smallest absolute Gasteiger partial charge is 0.125 e. The first kappa shape index (κ1) is 10.3. The highest BCUT2D eigenvalue weighted by Crippen LogP contribution is 2.28. The van der Waals surface area contributed by atoms with Crippen LogP contribution in [0.1, 0.15) is 18.4 Å². The number of benzene rings is 1. The van der Waals surface area contributed by atoms with Crippen LogP contribution in [0.15, 0.2) is 18.2 Å². The molecule has 1 saturated carbocycles. The van der Waals surface area contributed by atoms with Crippen LogP contribution in [-0.2, 0) is 0 Å². The van der Waals surface area contributed by atoms with E-state index in [1.165, 1.54) is 0 Å². The Balaban J connectivity index is 2.02. The van der Waals surface area contributed by atoms with E-state index in [4.69, 9.17) is 15.2 Å². The largest absolute Gasteiger partial charge is 0.496 e. The van der Waals surface area contributed by atoms with Gasteiger partial charge in [0.15, 0.2) is 0 Å². The van der Waals surface area contributed by atoms with Gasteiger partial charge in [-0.3, -0.25) is 0 Å². The lowest BCUT2D eigenvalue weighted by Crippen LogP contribution is -2.43. The Morgan fingerprint density at radius 2 is 2.07 bits per heavy atom. The van der Waals surface area contributed by atoms with Gasteiger partial charge in [-0.05, 0) is 31.4 Å². The first-order valence-corrected chi connectivity index (χ1v) is 5.26. The third-order valence-corrected chi connectivity index (χ3v) is 2.81. The van der Waals surface area contributed by atoms with Crippen molar-refractivity contribution in [2.24, 2.45) is 5.73 Å². The van der Waals surface area contributed by atoms with Crippen LogP contribution in [0.25, 0.3) is 0 Å². The number of hydrogen-bond donors (Lipinski definition) is 1. The normalized spacial score (nSPS) is 24.5. The van der Waals surface area contributed by atoms with Gasteiger partial charge in [0.1, 0.15) is 17.6 Å². The molecule has 0 amide bonds. The van der Waals surface area contributed by atoms with E-state index in [0.717, 1.165) is 29.9 Å². The fourth-order valence-corrected chi connectivity index (χ4v) is 1.77. The molecule has 0 aromatic heterocycles. The summed E-state index contributed by atoms with van der Waals surface area (Å²) in [6, 6.07) is 6.23. The summed E-state index contributed by atoms with van der Waals surface area (Å²) in [5.74, 6) is 1.74. The molecular formula is C12H17NO2. The van der Waals surface area contributed by atoms with E-state index in [1.807, 2.05) is 25.1 Å². The summed E-state index contributed by atoms with van der Waals surface area (Å²) in [6.07, 6.45) is 2.19. The Labute approximate surface area is 90.2 Å². The quantitative estimate of drug-likeness (QED) is 0.823. The van der Waals surface area contributed by atoms with Crippen LogP contribution < -0.4 is 15.2 Å². The van der Waals surface area contributed by atoms with Crippen LogP contribution in [0, 0.1) is 6.92 Å². The topological polar surface area (TPSA) is 44.5 Å². The van der Waals surface area contributed by atoms with Crippen molar-refractivity contribution in [1.29, 1.82) is 0 Å². The molecule has 0 unspecified atom stereocenters. The van der Waals surface area contributed by atoms with Crippen molar-refractivity contribution in [2.45, 2.75) is 31.9 Å². The molecule has 15 heavy (non-hydrogen) atoms. The molecule has 1 aromatic rings. The fourth-order valence-electron chi connectivity index (χ4n) is 1.77. The van der Waals surface area contributed by atoms with Gasteiger partial charge < -0.3 is 15.2 Å². The first-order chi connectivity index (χ1) is 7.19. The second-order valence-corrected chi connectivity index (χ2v) is 4.10. The number of aryl methyl sites for hydroxylation is 1. The molecule has 3 heteroatoms. The van der Waals surface area contributed by atoms with Crippen LogP contribution in [0.5, 0.6) is 11.5 Å². The van der Waals surface area contributed by atoms with Gasteiger partial charge in [0.05, 0.1) is 7.11 Å². The van der Waals surface area contributed by atoms with Crippen LogP contribution in [0.2, 0.25) is 0 Å². The van der Waals surface area contributed by atoms with E-state index in [-0.39, 0.29) is 6.10 Å². The van der Waals surface area contributed by atoms with E-state index in [2.05, 4.69) is 0 Å². The molecule has 0 spiro atoms. The average Bonchev–Trinajstić information content (AvgIpc) is 2.18. The van der Waals surface area contributed by atoms with Crippen LogP contribution in [0.4, 0.5) is 0 Å². The summed E-state index contributed by atoms with van der Waals surface area (Å²) in [5.41, 5.74) is 6.82. The molecule has 0 heterocycles. The second kappa shape index (κ2) is 4.11. The standard InChI is InChI=1S/C12H17NO2/c1-8-3-4-10(7-12(8)14-2)15-11-5-9(13)6-11/h3-4,7,9,11H,5-6,13H2,1-2H3/t9-,11-. The van der Waals surface area contributed by atoms with Gasteiger partial charge in [-0.2, -0.15) is 0 Å². The molecule has 0 aliphatic heterocycles. The SMILES string of the molecule is COc1cc(O[C@H]2C[C@H](N)C2)ccc1C. The molecule has 1 aliphatic carbocycles. The van der Waals surface area contributed by atoms with Crippen LogP contribution in [-0.4, -0.2) is 19.3 Å². The molecule has 2 N–H and O–H groups in total. The second-order valence-electron chi connectivity index (χ2n) is 4.10. The van der Waals surface area contributed by atoms with E-state index in [1.54, 1.807) is 7.11 Å². The maximum atomic E-state index is 5.76. The van der Waals surface area contributed by atoms with Gasteiger partial charge in [0.25, 0.3) is 0 Å². The van der Waals surface area contributed by atoms with Gasteiger partial charge >= 0.3 is 0 Å². The monoisotopic (exact) mass is 207 g/mol. The van der Waals surface area contributed by atoms with E-state index in [0.29, 0.717) is 6.04 Å². The highest BCUT2D eigenvalue weighted by atomic mass is 16.5. The van der Waals surface area contributed by atoms with Crippen molar-refractivity contribution in [2.75, 3.05) is 7.11 Å². The van der Waals surface area contributed by atoms with Gasteiger partial charge in [-0.1, -0.05) is 6.07 Å². The summed E-state index contributed by atoms with van der Waals surface area (Å²) >= 11 is 0. The third-order valence-electron chi connectivity index (χ3n) is 2.81. The Morgan fingerprint density at radius 1 is 1.33 bits per heavy atom. The molecule has 0 radical (unpaired) electrons. The predicted octanol–water partition coefficient (Wildman–Crippen LogP) is 1.87. The fraction of sp³-hybridized carbons (Fsp3) is 0.500. The number of hydrogen-bond acceptors (Lipinski definition) is 3. The lowest BCUT2D eigenvalue weighted by atomic mass is 9.90. The van der Waals surface area contributed by atoms with E-state index < -0.39 is 0 Å². The third kappa shape index (κ3) is 2.23. The van der Waals surface area contributed by atoms with Crippen molar-refractivity contribution in [3.8, 4) is 11.5 Å². The van der Waals surface area contributed by atoms with Gasteiger partial charge in [-0.25, -0.2) is 0 Å². The molecule has 2 rings (SSSR count). The zero-order valence-electron chi connectivity index (χ0n) is 9.19. The van der Waals surface area contributed by atoms with Crippen molar-refractivity contribution in [3.63, 3.8) is 0 Å². The molecule has 82 valence electrons. The molecule has 1 aliphatic rings. The molecule has 0 atom stereocenters. The minimum absolute atomic E-state index is 0.285. The number of ether oxygens (including phenoxy) is 2. The van der Waals surface area contributed by atoms with Gasteiger partial charge in [0.2, 0.25) is 0 Å². The zero-order valence-corrected chi connectivity index (χ0v) is 9.19. The highest BCUT2D eigenvalue weighted by Gasteiger charge is 2.27. The average molecular weight is 207 g/mol. The minimum Gasteiger partial charge on any atom is -0.496 e. The lowest BCUT2D eigenvalue weighted by molar-refractivity contribution is 0.101.